The van der Waals surface area contributed by atoms with Crippen molar-refractivity contribution < 1.29 is 14.1 Å². The molecule has 0 bridgehead atoms. The van der Waals surface area contributed by atoms with Gasteiger partial charge in [-0.2, -0.15) is 0 Å². The predicted octanol–water partition coefficient (Wildman–Crippen LogP) is 2.88. The number of benzene rings is 1. The molecular weight excluding hydrogens is 306 g/mol. The lowest BCUT2D eigenvalue weighted by atomic mass is 10.0. The van der Waals surface area contributed by atoms with Gasteiger partial charge in [0.25, 0.3) is 11.6 Å². The third kappa shape index (κ3) is 3.14. The summed E-state index contributed by atoms with van der Waals surface area (Å²) in [6, 6.07) is 9.66. The first-order valence-electron chi connectivity index (χ1n) is 7.71. The maximum absolute atomic E-state index is 12.6. The number of amides is 1. The maximum atomic E-state index is 12.6. The molecule has 6 heteroatoms. The minimum atomic E-state index is -0.195. The molecule has 0 saturated carbocycles. The van der Waals surface area contributed by atoms with Gasteiger partial charge in [0.1, 0.15) is 5.69 Å². The van der Waals surface area contributed by atoms with E-state index in [1.807, 2.05) is 38.1 Å². The molecule has 2 aromatic heterocycles. The Morgan fingerprint density at radius 3 is 2.71 bits per heavy atom. The SMILES string of the molecule is COCCNC(=O)c1cc(C)nc2onc(-c3ccc(C)cc3)c12. The number of nitrogens with one attached hydrogen (secondary N) is 1. The second-order valence-electron chi connectivity index (χ2n) is 5.64. The second-order valence-corrected chi connectivity index (χ2v) is 5.64. The van der Waals surface area contributed by atoms with E-state index in [1.54, 1.807) is 13.2 Å². The molecule has 0 aliphatic heterocycles. The molecule has 0 unspecified atom stereocenters. The zero-order valence-corrected chi connectivity index (χ0v) is 13.9. The Labute approximate surface area is 139 Å². The molecule has 0 aliphatic rings. The largest absolute Gasteiger partial charge is 0.383 e. The molecule has 1 N–H and O–H groups in total. The highest BCUT2D eigenvalue weighted by Crippen LogP contribution is 2.30. The van der Waals surface area contributed by atoms with Crippen LogP contribution >= 0.6 is 0 Å². The lowest BCUT2D eigenvalue weighted by Crippen LogP contribution is -2.27. The minimum Gasteiger partial charge on any atom is -0.383 e. The highest BCUT2D eigenvalue weighted by molar-refractivity contribution is 6.09. The van der Waals surface area contributed by atoms with E-state index >= 15 is 0 Å². The van der Waals surface area contributed by atoms with Crippen LogP contribution in [0.1, 0.15) is 21.6 Å². The third-order valence-electron chi connectivity index (χ3n) is 3.74. The van der Waals surface area contributed by atoms with Gasteiger partial charge in [-0.3, -0.25) is 4.79 Å². The van der Waals surface area contributed by atoms with Crippen molar-refractivity contribution in [2.75, 3.05) is 20.3 Å². The van der Waals surface area contributed by atoms with Crippen molar-refractivity contribution in [1.29, 1.82) is 0 Å². The van der Waals surface area contributed by atoms with E-state index in [0.29, 0.717) is 41.2 Å². The Bertz CT molecular complexity index is 869. The molecule has 3 rings (SSSR count). The number of carbonyl (C=O) groups is 1. The van der Waals surface area contributed by atoms with Crippen LogP contribution in [0.3, 0.4) is 0 Å². The number of carbonyl (C=O) groups excluding carboxylic acids is 1. The van der Waals surface area contributed by atoms with E-state index in [0.717, 1.165) is 11.1 Å². The average Bonchev–Trinajstić information content (AvgIpc) is 2.98. The first-order valence-corrected chi connectivity index (χ1v) is 7.71. The number of ether oxygens (including phenoxy) is 1. The zero-order valence-electron chi connectivity index (χ0n) is 13.9. The monoisotopic (exact) mass is 325 g/mol. The average molecular weight is 325 g/mol. The van der Waals surface area contributed by atoms with Crippen LogP contribution in [0.5, 0.6) is 0 Å². The van der Waals surface area contributed by atoms with Gasteiger partial charge in [-0.15, -0.1) is 0 Å². The molecule has 0 fully saturated rings. The molecule has 0 saturated heterocycles. The Morgan fingerprint density at radius 2 is 2.00 bits per heavy atom. The molecule has 3 aromatic rings. The Morgan fingerprint density at radius 1 is 1.25 bits per heavy atom. The van der Waals surface area contributed by atoms with Crippen molar-refractivity contribution in [2.24, 2.45) is 0 Å². The van der Waals surface area contributed by atoms with Crippen LogP contribution in [-0.4, -0.2) is 36.3 Å². The molecule has 0 aliphatic carbocycles. The predicted molar refractivity (Wildman–Crippen MR) is 90.9 cm³/mol. The molecule has 124 valence electrons. The number of pyridine rings is 1. The van der Waals surface area contributed by atoms with Gasteiger partial charge in [-0.1, -0.05) is 35.0 Å². The molecule has 1 aromatic carbocycles. The van der Waals surface area contributed by atoms with E-state index in [1.165, 1.54) is 0 Å². The van der Waals surface area contributed by atoms with E-state index in [9.17, 15) is 4.79 Å². The summed E-state index contributed by atoms with van der Waals surface area (Å²) in [5.41, 5.74) is 4.22. The molecule has 6 nitrogen and oxygen atoms in total. The van der Waals surface area contributed by atoms with Crippen LogP contribution in [0.25, 0.3) is 22.4 Å². The van der Waals surface area contributed by atoms with Gasteiger partial charge in [-0.25, -0.2) is 4.98 Å². The molecule has 2 heterocycles. The van der Waals surface area contributed by atoms with Crippen molar-refractivity contribution in [3.05, 3.63) is 47.2 Å². The van der Waals surface area contributed by atoms with Gasteiger partial charge >= 0.3 is 0 Å². The molecule has 0 spiro atoms. The number of rotatable bonds is 5. The first-order chi connectivity index (χ1) is 11.6. The van der Waals surface area contributed by atoms with Gasteiger partial charge < -0.3 is 14.6 Å². The van der Waals surface area contributed by atoms with Crippen LogP contribution in [0.15, 0.2) is 34.9 Å². The summed E-state index contributed by atoms with van der Waals surface area (Å²) in [4.78, 5) is 16.9. The summed E-state index contributed by atoms with van der Waals surface area (Å²) in [6.07, 6.45) is 0. The highest BCUT2D eigenvalue weighted by Gasteiger charge is 2.20. The summed E-state index contributed by atoms with van der Waals surface area (Å²) in [5, 5.41) is 7.59. The standard InChI is InChI=1S/C18H19N3O3/c1-11-4-6-13(7-5-11)16-15-14(17(22)19-8-9-23-3)10-12(2)20-18(15)24-21-16/h4-7,10H,8-9H2,1-3H3,(H,19,22). The summed E-state index contributed by atoms with van der Waals surface area (Å²) in [7, 11) is 1.59. The number of methoxy groups -OCH3 is 1. The Kier molecular flexibility index (Phi) is 4.57. The number of fused-ring (bicyclic) bond motifs is 1. The first kappa shape index (κ1) is 16.1. The number of nitrogens with zero attached hydrogens (tertiary/aromatic N) is 2. The van der Waals surface area contributed by atoms with Gasteiger partial charge in [0.15, 0.2) is 0 Å². The second kappa shape index (κ2) is 6.80. The molecule has 1 amide bonds. The summed E-state index contributed by atoms with van der Waals surface area (Å²) < 4.78 is 10.3. The fourth-order valence-corrected chi connectivity index (χ4v) is 2.52. The van der Waals surface area contributed by atoms with Crippen molar-refractivity contribution in [3.63, 3.8) is 0 Å². The van der Waals surface area contributed by atoms with E-state index in [4.69, 9.17) is 9.26 Å². The lowest BCUT2D eigenvalue weighted by molar-refractivity contribution is 0.0938. The van der Waals surface area contributed by atoms with Gasteiger partial charge in [0.2, 0.25) is 0 Å². The fraction of sp³-hybridized carbons (Fsp3) is 0.278. The number of aromatic nitrogens is 2. The van der Waals surface area contributed by atoms with Gasteiger partial charge in [-0.05, 0) is 19.9 Å². The Hall–Kier alpha value is -2.73. The summed E-state index contributed by atoms with van der Waals surface area (Å²) in [6.45, 7) is 4.72. The lowest BCUT2D eigenvalue weighted by Gasteiger charge is -2.07. The zero-order chi connectivity index (χ0) is 17.1. The van der Waals surface area contributed by atoms with Crippen molar-refractivity contribution >= 4 is 17.0 Å². The van der Waals surface area contributed by atoms with Gasteiger partial charge in [0.05, 0.1) is 17.6 Å². The number of aryl methyl sites for hydroxylation is 2. The third-order valence-corrected chi connectivity index (χ3v) is 3.74. The highest BCUT2D eigenvalue weighted by atomic mass is 16.5. The smallest absolute Gasteiger partial charge is 0.259 e. The molecular formula is C18H19N3O3. The van der Waals surface area contributed by atoms with Crippen molar-refractivity contribution in [3.8, 4) is 11.3 Å². The van der Waals surface area contributed by atoms with Gasteiger partial charge in [0, 0.05) is 24.9 Å². The van der Waals surface area contributed by atoms with E-state index in [-0.39, 0.29) is 5.91 Å². The molecule has 0 radical (unpaired) electrons. The van der Waals surface area contributed by atoms with Crippen LogP contribution in [0.2, 0.25) is 0 Å². The summed E-state index contributed by atoms with van der Waals surface area (Å²) in [5.74, 6) is -0.195. The number of hydrogen-bond donors (Lipinski definition) is 1. The minimum absolute atomic E-state index is 0.195. The van der Waals surface area contributed by atoms with E-state index in [2.05, 4.69) is 15.5 Å². The maximum Gasteiger partial charge on any atom is 0.259 e. The van der Waals surface area contributed by atoms with E-state index < -0.39 is 0 Å². The summed E-state index contributed by atoms with van der Waals surface area (Å²) >= 11 is 0. The molecule has 24 heavy (non-hydrogen) atoms. The topological polar surface area (TPSA) is 77.2 Å². The van der Waals surface area contributed by atoms with Crippen LogP contribution in [0, 0.1) is 13.8 Å². The van der Waals surface area contributed by atoms with Crippen LogP contribution < -0.4 is 5.32 Å². The fourth-order valence-electron chi connectivity index (χ4n) is 2.52. The quantitative estimate of drug-likeness (QED) is 0.730. The number of hydrogen-bond acceptors (Lipinski definition) is 5. The normalized spacial score (nSPS) is 11.0. The molecule has 0 atom stereocenters. The van der Waals surface area contributed by atoms with Crippen molar-refractivity contribution in [1.82, 2.24) is 15.5 Å². The van der Waals surface area contributed by atoms with Crippen LogP contribution in [0.4, 0.5) is 0 Å². The van der Waals surface area contributed by atoms with Crippen molar-refractivity contribution in [2.45, 2.75) is 13.8 Å². The van der Waals surface area contributed by atoms with Crippen LogP contribution in [-0.2, 0) is 4.74 Å². The Balaban J connectivity index is 2.09.